The molecule has 1 atom stereocenters. The van der Waals surface area contributed by atoms with Crippen LogP contribution in [0.2, 0.25) is 5.02 Å². The minimum Gasteiger partial charge on any atom is -0.377 e. The lowest BCUT2D eigenvalue weighted by Crippen LogP contribution is -2.12. The van der Waals surface area contributed by atoms with Crippen LogP contribution in [0.1, 0.15) is 34.5 Å². The van der Waals surface area contributed by atoms with E-state index in [0.717, 1.165) is 11.3 Å². The lowest BCUT2D eigenvalue weighted by molar-refractivity contribution is 0.102. The zero-order valence-corrected chi connectivity index (χ0v) is 18.3. The van der Waals surface area contributed by atoms with Gasteiger partial charge >= 0.3 is 0 Å². The summed E-state index contributed by atoms with van der Waals surface area (Å²) in [6, 6.07) is 21.9. The van der Waals surface area contributed by atoms with Crippen LogP contribution in [-0.4, -0.2) is 20.6 Å². The largest absolute Gasteiger partial charge is 0.377 e. The first-order valence-electron chi connectivity index (χ1n) is 9.40. The van der Waals surface area contributed by atoms with Crippen molar-refractivity contribution < 1.29 is 13.2 Å². The van der Waals surface area contributed by atoms with Crippen LogP contribution in [0.3, 0.4) is 0 Å². The van der Waals surface area contributed by atoms with Gasteiger partial charge in [-0.25, -0.2) is 8.42 Å². The minimum absolute atomic E-state index is 0.0552. The lowest BCUT2D eigenvalue weighted by Gasteiger charge is -2.17. The normalized spacial score (nSPS) is 12.2. The molecule has 0 saturated heterocycles. The molecule has 7 heteroatoms. The second kappa shape index (κ2) is 9.32. The summed E-state index contributed by atoms with van der Waals surface area (Å²) in [6.45, 7) is 2.05. The smallest absolute Gasteiger partial charge is 0.255 e. The van der Waals surface area contributed by atoms with Gasteiger partial charge in [-0.3, -0.25) is 4.79 Å². The van der Waals surface area contributed by atoms with E-state index in [0.29, 0.717) is 21.8 Å². The first kappa shape index (κ1) is 21.9. The Hall–Kier alpha value is -2.83. The number of hydrogen-bond donors (Lipinski definition) is 2. The molecule has 0 radical (unpaired) electrons. The van der Waals surface area contributed by atoms with Crippen LogP contribution in [0.4, 0.5) is 11.4 Å². The summed E-state index contributed by atoms with van der Waals surface area (Å²) < 4.78 is 22.7. The molecule has 0 aliphatic heterocycles. The Balaban J connectivity index is 1.65. The minimum atomic E-state index is -3.12. The van der Waals surface area contributed by atoms with E-state index in [1.807, 2.05) is 36.4 Å². The van der Waals surface area contributed by atoms with Crippen molar-refractivity contribution in [2.24, 2.45) is 0 Å². The number of hydrogen-bond acceptors (Lipinski definition) is 4. The van der Waals surface area contributed by atoms with Gasteiger partial charge in [0.05, 0.1) is 16.5 Å². The van der Waals surface area contributed by atoms with E-state index in [4.69, 9.17) is 11.6 Å². The topological polar surface area (TPSA) is 75.3 Å². The first-order chi connectivity index (χ1) is 14.2. The van der Waals surface area contributed by atoms with Crippen LogP contribution < -0.4 is 10.6 Å². The molecule has 3 rings (SSSR count). The number of carbonyl (C=O) groups excluding carboxylic acids is 1. The molecule has 5 nitrogen and oxygen atoms in total. The Labute approximate surface area is 182 Å². The molecule has 0 aromatic heterocycles. The van der Waals surface area contributed by atoms with Crippen molar-refractivity contribution in [3.8, 4) is 0 Å². The molecule has 0 spiro atoms. The number of benzene rings is 3. The molecule has 0 bridgehead atoms. The predicted octanol–water partition coefficient (Wildman–Crippen LogP) is 5.31. The third kappa shape index (κ3) is 6.08. The van der Waals surface area contributed by atoms with E-state index >= 15 is 0 Å². The highest BCUT2D eigenvalue weighted by molar-refractivity contribution is 7.89. The Kier molecular flexibility index (Phi) is 6.80. The average Bonchev–Trinajstić information content (AvgIpc) is 2.70. The third-order valence-electron chi connectivity index (χ3n) is 4.54. The quantitative estimate of drug-likeness (QED) is 0.520. The van der Waals surface area contributed by atoms with Crippen molar-refractivity contribution in [3.05, 3.63) is 94.5 Å². The molecular formula is C23H23ClN2O3S. The highest BCUT2D eigenvalue weighted by Crippen LogP contribution is 2.29. The van der Waals surface area contributed by atoms with Gasteiger partial charge < -0.3 is 10.6 Å². The number of rotatable bonds is 7. The number of amides is 1. The van der Waals surface area contributed by atoms with Crippen LogP contribution in [-0.2, 0) is 15.6 Å². The van der Waals surface area contributed by atoms with Gasteiger partial charge in [-0.05, 0) is 48.4 Å². The van der Waals surface area contributed by atoms with Crippen molar-refractivity contribution in [2.45, 2.75) is 18.7 Å². The third-order valence-corrected chi connectivity index (χ3v) is 5.71. The number of carbonyl (C=O) groups is 1. The summed E-state index contributed by atoms with van der Waals surface area (Å²) in [6.07, 6.45) is 1.18. The standard InChI is InChI=1S/C23H23ClN2O3S/c1-16(18-6-4-3-5-7-18)25-22-13-12-20(14-21(22)24)26-23(27)19-10-8-17(9-11-19)15-30(2,28)29/h3-14,16,25H,15H2,1-2H3,(H,26,27). The van der Waals surface area contributed by atoms with Gasteiger partial charge in [0.25, 0.3) is 5.91 Å². The van der Waals surface area contributed by atoms with Gasteiger partial charge in [0.2, 0.25) is 0 Å². The van der Waals surface area contributed by atoms with Crippen molar-refractivity contribution in [1.29, 1.82) is 0 Å². The highest BCUT2D eigenvalue weighted by atomic mass is 35.5. The first-order valence-corrected chi connectivity index (χ1v) is 11.8. The van der Waals surface area contributed by atoms with Gasteiger partial charge in [0.15, 0.2) is 9.84 Å². The van der Waals surface area contributed by atoms with Crippen LogP contribution in [0, 0.1) is 0 Å². The maximum absolute atomic E-state index is 12.5. The van der Waals surface area contributed by atoms with Gasteiger partial charge in [0, 0.05) is 23.5 Å². The van der Waals surface area contributed by atoms with Gasteiger partial charge in [-0.2, -0.15) is 0 Å². The maximum Gasteiger partial charge on any atom is 0.255 e. The number of sulfone groups is 1. The molecular weight excluding hydrogens is 420 g/mol. The molecule has 156 valence electrons. The van der Waals surface area contributed by atoms with Gasteiger partial charge in [-0.1, -0.05) is 54.1 Å². The van der Waals surface area contributed by atoms with Gasteiger partial charge in [0.1, 0.15) is 0 Å². The van der Waals surface area contributed by atoms with Crippen molar-refractivity contribution in [1.82, 2.24) is 0 Å². The number of anilines is 2. The Morgan fingerprint density at radius 1 is 1.00 bits per heavy atom. The van der Waals surface area contributed by atoms with E-state index in [9.17, 15) is 13.2 Å². The summed E-state index contributed by atoms with van der Waals surface area (Å²) in [4.78, 5) is 12.5. The van der Waals surface area contributed by atoms with E-state index < -0.39 is 9.84 Å². The predicted molar refractivity (Wildman–Crippen MR) is 123 cm³/mol. The Morgan fingerprint density at radius 3 is 2.27 bits per heavy atom. The second-order valence-electron chi connectivity index (χ2n) is 7.19. The SMILES string of the molecule is CC(Nc1ccc(NC(=O)c2ccc(CS(C)(=O)=O)cc2)cc1Cl)c1ccccc1. The number of halogens is 1. The van der Waals surface area contributed by atoms with E-state index in [2.05, 4.69) is 17.6 Å². The zero-order valence-electron chi connectivity index (χ0n) is 16.7. The van der Waals surface area contributed by atoms with Crippen LogP contribution >= 0.6 is 11.6 Å². The van der Waals surface area contributed by atoms with E-state index in [1.54, 1.807) is 36.4 Å². The molecule has 3 aromatic rings. The van der Waals surface area contributed by atoms with Crippen molar-refractivity contribution in [2.75, 3.05) is 16.9 Å². The molecule has 1 amide bonds. The molecule has 30 heavy (non-hydrogen) atoms. The monoisotopic (exact) mass is 442 g/mol. The highest BCUT2D eigenvalue weighted by Gasteiger charge is 2.11. The second-order valence-corrected chi connectivity index (χ2v) is 9.74. The fourth-order valence-corrected chi connectivity index (χ4v) is 4.06. The lowest BCUT2D eigenvalue weighted by atomic mass is 10.1. The van der Waals surface area contributed by atoms with E-state index in [1.165, 1.54) is 6.26 Å². The van der Waals surface area contributed by atoms with Crippen molar-refractivity contribution >= 4 is 38.7 Å². The van der Waals surface area contributed by atoms with Gasteiger partial charge in [-0.15, -0.1) is 0 Å². The zero-order chi connectivity index (χ0) is 21.7. The molecule has 0 aliphatic carbocycles. The average molecular weight is 443 g/mol. The molecule has 0 saturated carbocycles. The fourth-order valence-electron chi connectivity index (χ4n) is 3.03. The van der Waals surface area contributed by atoms with Crippen molar-refractivity contribution in [3.63, 3.8) is 0 Å². The fraction of sp³-hybridized carbons (Fsp3) is 0.174. The molecule has 2 N–H and O–H groups in total. The molecule has 1 unspecified atom stereocenters. The Bertz CT molecular complexity index is 1130. The van der Waals surface area contributed by atoms with E-state index in [-0.39, 0.29) is 17.7 Å². The van der Waals surface area contributed by atoms with Crippen LogP contribution in [0.5, 0.6) is 0 Å². The molecule has 0 fully saturated rings. The summed E-state index contributed by atoms with van der Waals surface area (Å²) >= 11 is 6.40. The summed E-state index contributed by atoms with van der Waals surface area (Å²) in [7, 11) is -3.12. The molecule has 0 heterocycles. The maximum atomic E-state index is 12.5. The Morgan fingerprint density at radius 2 is 1.67 bits per heavy atom. The molecule has 3 aromatic carbocycles. The summed E-state index contributed by atoms with van der Waals surface area (Å²) in [5.41, 5.74) is 3.56. The van der Waals surface area contributed by atoms with Crippen LogP contribution in [0.15, 0.2) is 72.8 Å². The molecule has 0 aliphatic rings. The number of nitrogens with one attached hydrogen (secondary N) is 2. The summed E-state index contributed by atoms with van der Waals surface area (Å²) in [5.74, 6) is -0.351. The van der Waals surface area contributed by atoms with Crippen LogP contribution in [0.25, 0.3) is 0 Å². The summed E-state index contributed by atoms with van der Waals surface area (Å²) in [5, 5.41) is 6.68.